The van der Waals surface area contributed by atoms with Crippen molar-refractivity contribution < 1.29 is 19.4 Å². The molecular formula is C16H23NO4. The normalized spacial score (nSPS) is 12.0. The summed E-state index contributed by atoms with van der Waals surface area (Å²) >= 11 is 0. The molecule has 1 aromatic carbocycles. The second-order valence-corrected chi connectivity index (χ2v) is 4.72. The number of β-lactam (4-membered cyclic amide) rings is 1. The summed E-state index contributed by atoms with van der Waals surface area (Å²) < 4.78 is 5.02. The number of carbonyl (C=O) groups is 2. The predicted molar refractivity (Wildman–Crippen MR) is 83.8 cm³/mol. The molecule has 0 aliphatic carbocycles. The molecule has 1 aliphatic rings. The molecule has 0 radical (unpaired) electrons. The maximum absolute atomic E-state index is 11.1. The van der Waals surface area contributed by atoms with E-state index < -0.39 is 5.97 Å². The number of carboxylic acid groups (broad SMARTS) is 1. The molecule has 0 spiro atoms. The summed E-state index contributed by atoms with van der Waals surface area (Å²) in [6.45, 7) is 9.42. The fraction of sp³-hybridized carbons (Fsp3) is 0.375. The van der Waals surface area contributed by atoms with Gasteiger partial charge in [-0.1, -0.05) is 5.57 Å². The van der Waals surface area contributed by atoms with Crippen molar-refractivity contribution in [2.75, 3.05) is 18.6 Å². The Bertz CT molecular complexity index is 460. The van der Waals surface area contributed by atoms with Crippen LogP contribution in [-0.2, 0) is 9.59 Å². The van der Waals surface area contributed by atoms with Gasteiger partial charge in [-0.2, -0.15) is 0 Å². The first-order chi connectivity index (χ1) is 9.77. The van der Waals surface area contributed by atoms with Crippen LogP contribution in [0.3, 0.4) is 0 Å². The van der Waals surface area contributed by atoms with Crippen molar-refractivity contribution in [1.82, 2.24) is 0 Å². The number of hydrogen-bond donors (Lipinski definition) is 1. The number of methoxy groups -OCH3 is 1. The van der Waals surface area contributed by atoms with E-state index in [1.54, 1.807) is 12.0 Å². The molecule has 0 unspecified atom stereocenters. The zero-order chi connectivity index (χ0) is 16.4. The lowest BCUT2D eigenvalue weighted by Gasteiger charge is -2.30. The summed E-state index contributed by atoms with van der Waals surface area (Å²) in [5.41, 5.74) is 2.12. The number of carbonyl (C=O) groups excluding carboxylic acids is 1. The Morgan fingerprint density at radius 2 is 1.67 bits per heavy atom. The number of allylic oxidation sites excluding steroid dienone is 1. The standard InChI is InChI=1S/C10H11NO2.C4H8.C2H4O2/c1-13-9-4-2-8(3-5-9)11-7-6-10(11)12;1-4(2)3;1-2(3)4/h2-5H,6-7H2,1H3;1H2,2-3H3;1H3,(H,3,4). The van der Waals surface area contributed by atoms with Crippen LogP contribution < -0.4 is 9.64 Å². The summed E-state index contributed by atoms with van der Waals surface area (Å²) in [4.78, 5) is 21.8. The highest BCUT2D eigenvalue weighted by molar-refractivity contribution is 5.99. The Balaban J connectivity index is 0.000000421. The van der Waals surface area contributed by atoms with Gasteiger partial charge in [0.1, 0.15) is 5.75 Å². The molecule has 0 saturated carbocycles. The van der Waals surface area contributed by atoms with Gasteiger partial charge < -0.3 is 14.7 Å². The van der Waals surface area contributed by atoms with Gasteiger partial charge in [-0.05, 0) is 38.1 Å². The Morgan fingerprint density at radius 3 is 1.90 bits per heavy atom. The molecule has 5 heteroatoms. The van der Waals surface area contributed by atoms with Crippen molar-refractivity contribution in [2.24, 2.45) is 0 Å². The molecule has 0 bridgehead atoms. The molecule has 116 valence electrons. The first kappa shape index (κ1) is 18.7. The van der Waals surface area contributed by atoms with Crippen LogP contribution in [0.25, 0.3) is 0 Å². The van der Waals surface area contributed by atoms with Gasteiger partial charge in [-0.25, -0.2) is 0 Å². The maximum atomic E-state index is 11.1. The number of amides is 1. The van der Waals surface area contributed by atoms with E-state index in [2.05, 4.69) is 6.58 Å². The number of ether oxygens (including phenoxy) is 1. The molecule has 1 N–H and O–H groups in total. The Kier molecular flexibility index (Phi) is 8.53. The van der Waals surface area contributed by atoms with Crippen LogP contribution in [0.15, 0.2) is 36.4 Å². The molecule has 0 aromatic heterocycles. The van der Waals surface area contributed by atoms with Gasteiger partial charge in [-0.15, -0.1) is 6.58 Å². The van der Waals surface area contributed by atoms with Crippen LogP contribution >= 0.6 is 0 Å². The van der Waals surface area contributed by atoms with Crippen molar-refractivity contribution in [3.8, 4) is 5.75 Å². The largest absolute Gasteiger partial charge is 0.497 e. The first-order valence-corrected chi connectivity index (χ1v) is 6.54. The molecule has 21 heavy (non-hydrogen) atoms. The van der Waals surface area contributed by atoms with E-state index in [0.717, 1.165) is 24.9 Å². The first-order valence-electron chi connectivity index (χ1n) is 6.54. The van der Waals surface area contributed by atoms with Crippen LogP contribution in [0, 0.1) is 0 Å². The highest BCUT2D eigenvalue weighted by Gasteiger charge is 2.24. The van der Waals surface area contributed by atoms with Crippen LogP contribution in [0.4, 0.5) is 5.69 Å². The minimum atomic E-state index is -0.833. The van der Waals surface area contributed by atoms with E-state index in [1.807, 2.05) is 38.1 Å². The van der Waals surface area contributed by atoms with E-state index in [0.29, 0.717) is 6.42 Å². The average Bonchev–Trinajstić information content (AvgIpc) is 2.36. The second kappa shape index (κ2) is 9.58. The van der Waals surface area contributed by atoms with Crippen molar-refractivity contribution >= 4 is 17.6 Å². The molecule has 0 atom stereocenters. The summed E-state index contributed by atoms with van der Waals surface area (Å²) in [6, 6.07) is 7.52. The van der Waals surface area contributed by atoms with E-state index in [1.165, 1.54) is 5.57 Å². The number of benzene rings is 1. The third-order valence-corrected chi connectivity index (χ3v) is 2.23. The molecule has 1 aliphatic heterocycles. The van der Waals surface area contributed by atoms with Gasteiger partial charge >= 0.3 is 0 Å². The molecule has 1 aromatic rings. The molecule has 1 fully saturated rings. The molecule has 5 nitrogen and oxygen atoms in total. The third-order valence-electron chi connectivity index (χ3n) is 2.23. The Hall–Kier alpha value is -2.30. The zero-order valence-corrected chi connectivity index (χ0v) is 13.0. The van der Waals surface area contributed by atoms with Gasteiger partial charge in [0.2, 0.25) is 5.91 Å². The topological polar surface area (TPSA) is 66.8 Å². The Labute approximate surface area is 125 Å². The van der Waals surface area contributed by atoms with Crippen molar-refractivity contribution in [3.63, 3.8) is 0 Å². The summed E-state index contributed by atoms with van der Waals surface area (Å²) in [7, 11) is 1.63. The molecule has 1 amide bonds. The van der Waals surface area contributed by atoms with Gasteiger partial charge in [0.25, 0.3) is 5.97 Å². The second-order valence-electron chi connectivity index (χ2n) is 4.72. The summed E-state index contributed by atoms with van der Waals surface area (Å²) in [6.07, 6.45) is 0.673. The molecule has 1 saturated heterocycles. The molecular weight excluding hydrogens is 270 g/mol. The fourth-order valence-electron chi connectivity index (χ4n) is 1.35. The monoisotopic (exact) mass is 293 g/mol. The lowest BCUT2D eigenvalue weighted by Crippen LogP contribution is -2.43. The average molecular weight is 293 g/mol. The Morgan fingerprint density at radius 1 is 1.24 bits per heavy atom. The number of carboxylic acids is 1. The number of nitrogens with zero attached hydrogens (tertiary/aromatic N) is 1. The minimum Gasteiger partial charge on any atom is -0.497 e. The quantitative estimate of drug-likeness (QED) is 0.672. The van der Waals surface area contributed by atoms with Crippen LogP contribution in [-0.4, -0.2) is 30.6 Å². The molecule has 2 rings (SSSR count). The van der Waals surface area contributed by atoms with Crippen LogP contribution in [0.5, 0.6) is 5.75 Å². The van der Waals surface area contributed by atoms with E-state index in [9.17, 15) is 4.79 Å². The highest BCUT2D eigenvalue weighted by Crippen LogP contribution is 2.23. The van der Waals surface area contributed by atoms with Crippen molar-refractivity contribution in [3.05, 3.63) is 36.4 Å². The predicted octanol–water partition coefficient (Wildman–Crippen LogP) is 3.11. The van der Waals surface area contributed by atoms with Gasteiger partial charge in [0.15, 0.2) is 0 Å². The SMILES string of the molecule is C=C(C)C.CC(=O)O.COc1ccc(N2CCC2=O)cc1. The lowest BCUT2D eigenvalue weighted by molar-refractivity contribution is -0.134. The van der Waals surface area contributed by atoms with Crippen LogP contribution in [0.2, 0.25) is 0 Å². The van der Waals surface area contributed by atoms with Gasteiger partial charge in [0, 0.05) is 25.6 Å². The maximum Gasteiger partial charge on any atom is 0.300 e. The van der Waals surface area contributed by atoms with Crippen molar-refractivity contribution in [1.29, 1.82) is 0 Å². The van der Waals surface area contributed by atoms with Crippen LogP contribution in [0.1, 0.15) is 27.2 Å². The van der Waals surface area contributed by atoms with E-state index in [-0.39, 0.29) is 5.91 Å². The number of anilines is 1. The van der Waals surface area contributed by atoms with E-state index >= 15 is 0 Å². The van der Waals surface area contributed by atoms with Gasteiger partial charge in [0.05, 0.1) is 7.11 Å². The number of rotatable bonds is 2. The van der Waals surface area contributed by atoms with E-state index in [4.69, 9.17) is 14.6 Å². The summed E-state index contributed by atoms with van der Waals surface area (Å²) in [5.74, 6) is 0.182. The minimum absolute atomic E-state index is 0.199. The number of aliphatic carboxylic acids is 1. The van der Waals surface area contributed by atoms with Gasteiger partial charge in [-0.3, -0.25) is 9.59 Å². The molecule has 1 heterocycles. The number of hydrogen-bond acceptors (Lipinski definition) is 3. The fourth-order valence-corrected chi connectivity index (χ4v) is 1.35. The highest BCUT2D eigenvalue weighted by atomic mass is 16.5. The zero-order valence-electron chi connectivity index (χ0n) is 13.0. The smallest absolute Gasteiger partial charge is 0.300 e. The summed E-state index contributed by atoms with van der Waals surface area (Å²) in [5, 5.41) is 7.42. The van der Waals surface area contributed by atoms with Crippen molar-refractivity contribution in [2.45, 2.75) is 27.2 Å². The third kappa shape index (κ3) is 8.47. The lowest BCUT2D eigenvalue weighted by atomic mass is 10.1.